The lowest BCUT2D eigenvalue weighted by Crippen LogP contribution is -2.60. The number of carbonyl (C=O) groups is 2. The molecule has 0 aromatic heterocycles. The summed E-state index contributed by atoms with van der Waals surface area (Å²) in [5.41, 5.74) is 0.115. The fraction of sp³-hybridized carbons (Fsp3) is 0.600. The third-order valence-electron chi connectivity index (χ3n) is 6.36. The quantitative estimate of drug-likeness (QED) is 0.861. The first-order valence-corrected chi connectivity index (χ1v) is 9.44. The van der Waals surface area contributed by atoms with Crippen LogP contribution < -0.4 is 5.32 Å². The van der Waals surface area contributed by atoms with Crippen molar-refractivity contribution in [3.05, 3.63) is 35.9 Å². The number of nitrogens with one attached hydrogen (secondary N) is 1. The normalized spacial score (nSPS) is 35.2. The van der Waals surface area contributed by atoms with Gasteiger partial charge >= 0.3 is 0 Å². The smallest absolute Gasteiger partial charge is 0.228 e. The van der Waals surface area contributed by atoms with E-state index in [9.17, 15) is 14.7 Å². The van der Waals surface area contributed by atoms with E-state index in [1.54, 1.807) is 0 Å². The molecule has 2 aliphatic heterocycles. The van der Waals surface area contributed by atoms with Gasteiger partial charge in [-0.25, -0.2) is 0 Å². The monoisotopic (exact) mass is 342 g/mol. The van der Waals surface area contributed by atoms with E-state index in [0.29, 0.717) is 25.9 Å². The van der Waals surface area contributed by atoms with Crippen molar-refractivity contribution in [3.8, 4) is 0 Å². The van der Waals surface area contributed by atoms with E-state index in [1.807, 2.05) is 35.2 Å². The molecule has 134 valence electrons. The van der Waals surface area contributed by atoms with Gasteiger partial charge in [-0.15, -0.1) is 0 Å². The van der Waals surface area contributed by atoms with Crippen LogP contribution in [-0.2, 0) is 15.2 Å². The second-order valence-electron chi connectivity index (χ2n) is 7.74. The Morgan fingerprint density at radius 2 is 1.96 bits per heavy atom. The van der Waals surface area contributed by atoms with Gasteiger partial charge in [-0.1, -0.05) is 43.2 Å². The highest BCUT2D eigenvalue weighted by Gasteiger charge is 2.51. The van der Waals surface area contributed by atoms with Crippen LogP contribution in [0.5, 0.6) is 0 Å². The molecular formula is C20H26N2O3. The van der Waals surface area contributed by atoms with Crippen molar-refractivity contribution in [1.29, 1.82) is 0 Å². The van der Waals surface area contributed by atoms with Gasteiger partial charge in [0.05, 0.1) is 11.5 Å². The van der Waals surface area contributed by atoms with E-state index >= 15 is 0 Å². The maximum atomic E-state index is 13.0. The molecule has 1 saturated carbocycles. The second kappa shape index (κ2) is 6.45. The molecule has 2 saturated heterocycles. The van der Waals surface area contributed by atoms with Crippen LogP contribution in [0.2, 0.25) is 0 Å². The molecular weight excluding hydrogens is 316 g/mol. The minimum Gasteiger partial charge on any atom is -0.385 e. The SMILES string of the molecule is O=C1CC(C(=O)N2CCC(O)(c3ccccc3)C3CCCCC32)CN1. The van der Waals surface area contributed by atoms with Gasteiger partial charge in [0.15, 0.2) is 0 Å². The molecule has 4 atom stereocenters. The lowest BCUT2D eigenvalue weighted by atomic mass is 9.66. The van der Waals surface area contributed by atoms with Gasteiger partial charge in [0, 0.05) is 31.5 Å². The van der Waals surface area contributed by atoms with Crippen LogP contribution in [0.3, 0.4) is 0 Å². The second-order valence-corrected chi connectivity index (χ2v) is 7.74. The molecule has 5 heteroatoms. The molecule has 4 unspecified atom stereocenters. The summed E-state index contributed by atoms with van der Waals surface area (Å²) < 4.78 is 0. The summed E-state index contributed by atoms with van der Waals surface area (Å²) in [5, 5.41) is 14.3. The average molecular weight is 342 g/mol. The van der Waals surface area contributed by atoms with Gasteiger partial charge < -0.3 is 15.3 Å². The molecule has 1 aromatic carbocycles. The van der Waals surface area contributed by atoms with Gasteiger partial charge in [0.1, 0.15) is 0 Å². The van der Waals surface area contributed by atoms with Crippen LogP contribution >= 0.6 is 0 Å². The van der Waals surface area contributed by atoms with Crippen molar-refractivity contribution < 1.29 is 14.7 Å². The first-order valence-electron chi connectivity index (χ1n) is 9.44. The Hall–Kier alpha value is -1.88. The standard InChI is InChI=1S/C20H26N2O3/c23-18-12-14(13-21-18)19(24)22-11-10-20(25,15-6-2-1-3-7-15)16-8-4-5-9-17(16)22/h1-3,6-7,14,16-17,25H,4-5,8-13H2,(H,21,23). The summed E-state index contributed by atoms with van der Waals surface area (Å²) in [5.74, 6) is -0.105. The number of fused-ring (bicyclic) bond motifs is 1. The van der Waals surface area contributed by atoms with Gasteiger partial charge in [0.2, 0.25) is 11.8 Å². The molecule has 2 N–H and O–H groups in total. The average Bonchev–Trinajstić information content (AvgIpc) is 3.09. The van der Waals surface area contributed by atoms with Gasteiger partial charge in [0.25, 0.3) is 0 Å². The van der Waals surface area contributed by atoms with Gasteiger partial charge in [-0.2, -0.15) is 0 Å². The number of amides is 2. The van der Waals surface area contributed by atoms with Gasteiger partial charge in [-0.3, -0.25) is 9.59 Å². The molecule has 1 aromatic rings. The van der Waals surface area contributed by atoms with Crippen molar-refractivity contribution >= 4 is 11.8 Å². The third kappa shape index (κ3) is 2.84. The van der Waals surface area contributed by atoms with Crippen LogP contribution in [0.4, 0.5) is 0 Å². The molecule has 1 aliphatic carbocycles. The van der Waals surface area contributed by atoms with Crippen molar-refractivity contribution in [2.75, 3.05) is 13.1 Å². The van der Waals surface area contributed by atoms with E-state index in [1.165, 1.54) is 0 Å². The zero-order chi connectivity index (χ0) is 17.4. The van der Waals surface area contributed by atoms with E-state index in [-0.39, 0.29) is 29.7 Å². The molecule has 4 rings (SSSR count). The number of aliphatic hydroxyl groups is 1. The number of piperidine rings is 1. The van der Waals surface area contributed by atoms with E-state index in [0.717, 1.165) is 31.2 Å². The van der Waals surface area contributed by atoms with E-state index in [2.05, 4.69) is 5.32 Å². The summed E-state index contributed by atoms with van der Waals surface area (Å²) in [6, 6.07) is 9.99. The predicted molar refractivity (Wildman–Crippen MR) is 93.5 cm³/mol. The molecule has 2 amide bonds. The summed E-state index contributed by atoms with van der Waals surface area (Å²) in [6.07, 6.45) is 4.95. The zero-order valence-corrected chi connectivity index (χ0v) is 14.5. The van der Waals surface area contributed by atoms with E-state index in [4.69, 9.17) is 0 Å². The first-order chi connectivity index (χ1) is 12.1. The van der Waals surface area contributed by atoms with Crippen molar-refractivity contribution in [2.24, 2.45) is 11.8 Å². The highest BCUT2D eigenvalue weighted by molar-refractivity contribution is 5.89. The highest BCUT2D eigenvalue weighted by Crippen LogP contribution is 2.47. The van der Waals surface area contributed by atoms with Crippen LogP contribution in [0.15, 0.2) is 30.3 Å². The van der Waals surface area contributed by atoms with Crippen molar-refractivity contribution in [1.82, 2.24) is 10.2 Å². The van der Waals surface area contributed by atoms with Gasteiger partial charge in [-0.05, 0) is 24.8 Å². The maximum Gasteiger partial charge on any atom is 0.228 e. The Morgan fingerprint density at radius 1 is 1.20 bits per heavy atom. The zero-order valence-electron chi connectivity index (χ0n) is 14.5. The molecule has 3 fully saturated rings. The molecule has 0 radical (unpaired) electrons. The number of carbonyl (C=O) groups excluding carboxylic acids is 2. The van der Waals surface area contributed by atoms with Crippen LogP contribution in [0, 0.1) is 11.8 Å². The summed E-state index contributed by atoms with van der Waals surface area (Å²) >= 11 is 0. The summed E-state index contributed by atoms with van der Waals surface area (Å²) in [4.78, 5) is 26.5. The third-order valence-corrected chi connectivity index (χ3v) is 6.36. The summed E-state index contributed by atoms with van der Waals surface area (Å²) in [7, 11) is 0. The highest BCUT2D eigenvalue weighted by atomic mass is 16.3. The fourth-order valence-electron chi connectivity index (χ4n) is 5.06. The van der Waals surface area contributed by atoms with E-state index < -0.39 is 5.60 Å². The Bertz CT molecular complexity index is 662. The number of rotatable bonds is 2. The lowest BCUT2D eigenvalue weighted by Gasteiger charge is -2.53. The maximum absolute atomic E-state index is 13.0. The molecule has 0 bridgehead atoms. The number of benzene rings is 1. The molecule has 5 nitrogen and oxygen atoms in total. The number of likely N-dealkylation sites (tertiary alicyclic amines) is 1. The van der Waals surface area contributed by atoms with Crippen LogP contribution in [-0.4, -0.2) is 41.0 Å². The molecule has 3 aliphatic rings. The minimum atomic E-state index is -0.854. The first kappa shape index (κ1) is 16.6. The van der Waals surface area contributed by atoms with Crippen LogP contribution in [0.25, 0.3) is 0 Å². The number of hydrogen-bond donors (Lipinski definition) is 2. The largest absolute Gasteiger partial charge is 0.385 e. The topological polar surface area (TPSA) is 69.6 Å². The molecule has 25 heavy (non-hydrogen) atoms. The number of hydrogen-bond acceptors (Lipinski definition) is 3. The molecule has 2 heterocycles. The molecule has 0 spiro atoms. The Labute approximate surface area is 148 Å². The van der Waals surface area contributed by atoms with Crippen LogP contribution in [0.1, 0.15) is 44.1 Å². The summed E-state index contributed by atoms with van der Waals surface area (Å²) in [6.45, 7) is 1.02. The predicted octanol–water partition coefficient (Wildman–Crippen LogP) is 1.80. The Morgan fingerprint density at radius 3 is 2.68 bits per heavy atom. The number of nitrogens with zero attached hydrogens (tertiary/aromatic N) is 1. The Balaban J connectivity index is 1.60. The Kier molecular flexibility index (Phi) is 4.28. The fourth-order valence-corrected chi connectivity index (χ4v) is 5.06. The lowest BCUT2D eigenvalue weighted by molar-refractivity contribution is -0.158. The minimum absolute atomic E-state index is 0.0312. The van der Waals surface area contributed by atoms with Crippen molar-refractivity contribution in [3.63, 3.8) is 0 Å². The van der Waals surface area contributed by atoms with Crippen molar-refractivity contribution in [2.45, 2.75) is 50.2 Å².